The Labute approximate surface area is 512 Å². The Kier molecular flexibility index (Phi) is 31.9. The standard InChI is InChI=1S/C62H109N11O13/c1-24-25-26-39(14)52(76)51-57(81)67-49(42(17)74)61(85)68(18)32-48(75)69(19)45(29-35(6)7)55(79)65-43(27-33(2)3)59(83)71(21)46(30-36(8)9)54(78)63-40(15)53(77)64-41(16)58(82)70(20)47(31-37(10)11)56(80)66-44(28-34(4)5)60(84)72(22)50(38(12)13)62(86)73(51)23/h24-25,33-38,40-47,49-52,74,76H,14,26-32H2,1-13,15-23H3,(H,63,78)(H,64,77)(H,65,79)(H,66,80)(H,67,81)/b25-24+/t40-,41+,42+,43-,44-,45-,46-,47-,49-,50-,51-,52+/m0/s1. The molecule has 0 aromatic carbocycles. The average molecular weight is 1220 g/mol. The molecular weight excluding hydrogens is 1110 g/mol. The Morgan fingerprint density at radius 2 is 0.860 bits per heavy atom. The van der Waals surface area contributed by atoms with Crippen LogP contribution >= 0.6 is 0 Å². The third-order valence-electron chi connectivity index (χ3n) is 15.4. The number of amides is 11. The van der Waals surface area contributed by atoms with Gasteiger partial charge >= 0.3 is 0 Å². The van der Waals surface area contributed by atoms with E-state index < -0.39 is 150 Å². The number of likely N-dealkylation sites (N-methyl/N-ethyl adjacent to an activating group) is 6. The van der Waals surface area contributed by atoms with E-state index in [0.717, 1.165) is 19.6 Å². The minimum Gasteiger partial charge on any atom is -0.391 e. The molecule has 1 aliphatic rings. The van der Waals surface area contributed by atoms with Gasteiger partial charge < -0.3 is 66.2 Å². The Balaban J connectivity index is 4.34. The van der Waals surface area contributed by atoms with Gasteiger partial charge in [0.2, 0.25) is 65.0 Å². The summed E-state index contributed by atoms with van der Waals surface area (Å²) in [6.07, 6.45) is 0.594. The van der Waals surface area contributed by atoms with E-state index in [9.17, 15) is 58.2 Å². The lowest BCUT2D eigenvalue weighted by atomic mass is 9.94. The average Bonchev–Trinajstić information content (AvgIpc) is 2.17. The second-order valence-electron chi connectivity index (χ2n) is 26.0. The molecule has 1 saturated heterocycles. The Morgan fingerprint density at radius 3 is 1.27 bits per heavy atom. The smallest absolute Gasteiger partial charge is 0.248 e. The van der Waals surface area contributed by atoms with Gasteiger partial charge in [-0.3, -0.25) is 52.7 Å². The lowest BCUT2D eigenvalue weighted by molar-refractivity contribution is -0.153. The molecule has 1 aliphatic heterocycles. The molecule has 0 aliphatic carbocycles. The van der Waals surface area contributed by atoms with E-state index in [4.69, 9.17) is 0 Å². The highest BCUT2D eigenvalue weighted by Gasteiger charge is 2.45. The quantitative estimate of drug-likeness (QED) is 0.109. The second kappa shape index (κ2) is 35.4. The highest BCUT2D eigenvalue weighted by atomic mass is 16.3. The maximum atomic E-state index is 15.0. The predicted octanol–water partition coefficient (Wildman–Crippen LogP) is 2.21. The zero-order valence-electron chi connectivity index (χ0n) is 55.8. The number of nitrogens with zero attached hydrogens (tertiary/aromatic N) is 6. The highest BCUT2D eigenvalue weighted by molar-refractivity contribution is 5.99. The van der Waals surface area contributed by atoms with Crippen LogP contribution in [-0.2, 0) is 52.7 Å². The number of aliphatic hydroxyl groups is 2. The Bertz CT molecular complexity index is 2390. The van der Waals surface area contributed by atoms with Crippen LogP contribution < -0.4 is 26.6 Å². The summed E-state index contributed by atoms with van der Waals surface area (Å²) in [6.45, 7) is 30.8. The van der Waals surface area contributed by atoms with Crippen molar-refractivity contribution < 1.29 is 63.0 Å². The molecule has 12 atom stereocenters. The number of nitrogens with one attached hydrogen (secondary N) is 5. The number of rotatable bonds is 16. The van der Waals surface area contributed by atoms with Gasteiger partial charge in [-0.1, -0.05) is 102 Å². The molecule has 0 aromatic heterocycles. The summed E-state index contributed by atoms with van der Waals surface area (Å²) >= 11 is 0. The van der Waals surface area contributed by atoms with Crippen LogP contribution in [-0.4, -0.2) is 226 Å². The molecule has 0 saturated carbocycles. The van der Waals surface area contributed by atoms with E-state index in [1.807, 2.05) is 69.2 Å². The molecule has 0 unspecified atom stereocenters. The molecule has 24 nitrogen and oxygen atoms in total. The number of allylic oxidation sites excluding steroid dienone is 2. The van der Waals surface area contributed by atoms with Crippen molar-refractivity contribution in [2.24, 2.45) is 35.5 Å². The van der Waals surface area contributed by atoms with Gasteiger partial charge in [-0.2, -0.15) is 0 Å². The molecule has 24 heteroatoms. The summed E-state index contributed by atoms with van der Waals surface area (Å²) in [5.74, 6) is -9.95. The highest BCUT2D eigenvalue weighted by Crippen LogP contribution is 2.24. The second-order valence-corrected chi connectivity index (χ2v) is 26.0. The minimum atomic E-state index is -1.83. The maximum absolute atomic E-state index is 15.0. The van der Waals surface area contributed by atoms with Crippen molar-refractivity contribution in [2.45, 2.75) is 222 Å². The van der Waals surface area contributed by atoms with Crippen molar-refractivity contribution in [3.05, 3.63) is 24.3 Å². The van der Waals surface area contributed by atoms with E-state index in [0.29, 0.717) is 0 Å². The van der Waals surface area contributed by atoms with Crippen LogP contribution in [0.4, 0.5) is 0 Å². The van der Waals surface area contributed by atoms with Crippen LogP contribution in [0.15, 0.2) is 24.3 Å². The normalized spacial score (nSPS) is 26.6. The van der Waals surface area contributed by atoms with Gasteiger partial charge in [-0.15, -0.1) is 0 Å². The molecule has 1 rings (SSSR count). The number of hydrogen-bond donors (Lipinski definition) is 7. The molecular formula is C62H109N11O13. The van der Waals surface area contributed by atoms with E-state index in [-0.39, 0.29) is 73.7 Å². The van der Waals surface area contributed by atoms with Crippen molar-refractivity contribution in [3.8, 4) is 0 Å². The van der Waals surface area contributed by atoms with Crippen LogP contribution in [0.25, 0.3) is 0 Å². The summed E-state index contributed by atoms with van der Waals surface area (Å²) in [5, 5.41) is 36.7. The summed E-state index contributed by atoms with van der Waals surface area (Å²) < 4.78 is 0. The fourth-order valence-corrected chi connectivity index (χ4v) is 10.4. The van der Waals surface area contributed by atoms with Crippen molar-refractivity contribution in [1.82, 2.24) is 56.0 Å². The fourth-order valence-electron chi connectivity index (χ4n) is 10.4. The monoisotopic (exact) mass is 1220 g/mol. The number of carbonyl (C=O) groups is 11. The first-order valence-electron chi connectivity index (χ1n) is 30.4. The van der Waals surface area contributed by atoms with Crippen LogP contribution in [0.1, 0.15) is 149 Å². The molecule has 1 heterocycles. The zero-order valence-corrected chi connectivity index (χ0v) is 55.8. The first kappa shape index (κ1) is 77.6. The predicted molar refractivity (Wildman–Crippen MR) is 330 cm³/mol. The summed E-state index contributed by atoms with van der Waals surface area (Å²) in [4.78, 5) is 166. The van der Waals surface area contributed by atoms with Gasteiger partial charge in [-0.05, 0) is 107 Å². The van der Waals surface area contributed by atoms with Crippen molar-refractivity contribution in [3.63, 3.8) is 0 Å². The van der Waals surface area contributed by atoms with Gasteiger partial charge in [0.15, 0.2) is 0 Å². The number of aliphatic hydroxyl groups excluding tert-OH is 2. The number of hydrogen-bond acceptors (Lipinski definition) is 13. The fraction of sp³-hybridized carbons (Fsp3) is 0.758. The van der Waals surface area contributed by atoms with Gasteiger partial charge in [0.05, 0.1) is 12.6 Å². The lowest BCUT2D eigenvalue weighted by Gasteiger charge is -2.40. The largest absolute Gasteiger partial charge is 0.391 e. The molecule has 0 radical (unpaired) electrons. The van der Waals surface area contributed by atoms with Crippen molar-refractivity contribution in [2.75, 3.05) is 48.8 Å². The topological polar surface area (TPSA) is 308 Å². The van der Waals surface area contributed by atoms with Crippen LogP contribution in [0, 0.1) is 35.5 Å². The molecule has 11 amide bonds. The van der Waals surface area contributed by atoms with Gasteiger partial charge in [-0.25, -0.2) is 0 Å². The van der Waals surface area contributed by atoms with Crippen LogP contribution in [0.5, 0.6) is 0 Å². The van der Waals surface area contributed by atoms with E-state index in [2.05, 4.69) is 33.2 Å². The Morgan fingerprint density at radius 1 is 0.477 bits per heavy atom. The molecule has 0 aromatic rings. The molecule has 1 fully saturated rings. The third-order valence-corrected chi connectivity index (χ3v) is 15.4. The first-order valence-corrected chi connectivity index (χ1v) is 30.4. The molecule has 0 bridgehead atoms. The van der Waals surface area contributed by atoms with Crippen LogP contribution in [0.2, 0.25) is 0 Å². The van der Waals surface area contributed by atoms with E-state index >= 15 is 4.79 Å². The zero-order chi connectivity index (χ0) is 66.7. The third kappa shape index (κ3) is 22.7. The molecule has 86 heavy (non-hydrogen) atoms. The van der Waals surface area contributed by atoms with Gasteiger partial charge in [0.1, 0.15) is 66.5 Å². The van der Waals surface area contributed by atoms with Gasteiger partial charge in [0, 0.05) is 42.3 Å². The molecule has 7 N–H and O–H groups in total. The molecule has 0 spiro atoms. The van der Waals surface area contributed by atoms with E-state index in [1.165, 1.54) is 72.9 Å². The summed E-state index contributed by atoms with van der Waals surface area (Å²) in [7, 11) is 8.06. The maximum Gasteiger partial charge on any atom is 0.248 e. The molecule has 490 valence electrons. The SMILES string of the molecule is C=C(C/C=C/C)[C@@H](O)[C@H]1C(=O)N[C@@H]([C@@H](C)O)C(=O)N(C)CC(=O)N(C)[C@@H](CC(C)C)C(=O)N[C@@H](CC(C)C)C(=O)N(C)[C@@H](CC(C)C)C(=O)N[C@@H](C)C(=O)N[C@H](C)C(=O)N(C)[C@@H](CC(C)C)C(=O)N[C@@H](CC(C)C)C(=O)N(C)[C@@H](C(C)C)C(=O)N1C. The Hall–Kier alpha value is -6.43. The van der Waals surface area contributed by atoms with Gasteiger partial charge in [0.25, 0.3) is 0 Å². The minimum absolute atomic E-state index is 0.0628. The first-order chi connectivity index (χ1) is 39.6. The van der Waals surface area contributed by atoms with E-state index in [1.54, 1.807) is 32.9 Å². The van der Waals surface area contributed by atoms with Crippen molar-refractivity contribution >= 4 is 65.0 Å². The lowest BCUT2D eigenvalue weighted by Crippen LogP contribution is -2.64. The number of carbonyl (C=O) groups excluding carboxylic acids is 11. The van der Waals surface area contributed by atoms with Crippen LogP contribution in [0.3, 0.4) is 0 Å². The summed E-state index contributed by atoms with van der Waals surface area (Å²) in [6, 6.07) is -13.4. The van der Waals surface area contributed by atoms with Crippen molar-refractivity contribution in [1.29, 1.82) is 0 Å². The summed E-state index contributed by atoms with van der Waals surface area (Å²) in [5.41, 5.74) is 0.0950.